The number of alkyl halides is 3. The second-order valence-corrected chi connectivity index (χ2v) is 2.54. The Labute approximate surface area is 70.9 Å². The van der Waals surface area contributed by atoms with E-state index in [1.54, 1.807) is 0 Å². The molecule has 0 saturated carbocycles. The van der Waals surface area contributed by atoms with Gasteiger partial charge < -0.3 is 4.74 Å². The molecule has 0 unspecified atom stereocenters. The molecular formula is C8H14F3O. The molecule has 1 radical (unpaired) electrons. The lowest BCUT2D eigenvalue weighted by molar-refractivity contribution is -0.145. The second kappa shape index (κ2) is 6.29. The lowest BCUT2D eigenvalue weighted by Gasteiger charge is -2.06. The van der Waals surface area contributed by atoms with Crippen LogP contribution >= 0.6 is 0 Å². The van der Waals surface area contributed by atoms with Gasteiger partial charge in [-0.1, -0.05) is 19.8 Å². The topological polar surface area (TPSA) is 9.23 Å². The van der Waals surface area contributed by atoms with Crippen molar-refractivity contribution >= 4 is 0 Å². The highest BCUT2D eigenvalue weighted by molar-refractivity contribution is 4.48. The lowest BCUT2D eigenvalue weighted by Crippen LogP contribution is -2.11. The van der Waals surface area contributed by atoms with Crippen molar-refractivity contribution in [3.63, 3.8) is 0 Å². The molecule has 0 aromatic rings. The van der Waals surface area contributed by atoms with Gasteiger partial charge in [0, 0.05) is 6.61 Å². The minimum Gasteiger partial charge on any atom is -0.381 e. The van der Waals surface area contributed by atoms with Crippen LogP contribution in [0.2, 0.25) is 0 Å². The van der Waals surface area contributed by atoms with Crippen LogP contribution in [0.3, 0.4) is 0 Å². The standard InChI is InChI=1S/C8H14F3O/c1-2-3-4-6-12-7-5-8(9,10)11/h1-7H2. The van der Waals surface area contributed by atoms with Gasteiger partial charge in [-0.25, -0.2) is 0 Å². The zero-order valence-electron chi connectivity index (χ0n) is 6.99. The van der Waals surface area contributed by atoms with Gasteiger partial charge >= 0.3 is 6.18 Å². The molecule has 0 aromatic heterocycles. The summed E-state index contributed by atoms with van der Waals surface area (Å²) < 4.78 is 39.4. The molecule has 0 heterocycles. The SMILES string of the molecule is [CH2]CCCCOCCC(F)(F)F. The summed E-state index contributed by atoms with van der Waals surface area (Å²) in [6, 6.07) is 0. The van der Waals surface area contributed by atoms with E-state index in [9.17, 15) is 13.2 Å². The molecule has 0 amide bonds. The third-order valence-corrected chi connectivity index (χ3v) is 1.32. The van der Waals surface area contributed by atoms with E-state index < -0.39 is 12.6 Å². The fourth-order valence-corrected chi connectivity index (χ4v) is 0.671. The van der Waals surface area contributed by atoms with E-state index in [1.165, 1.54) is 0 Å². The summed E-state index contributed by atoms with van der Waals surface area (Å²) in [7, 11) is 0. The van der Waals surface area contributed by atoms with E-state index in [4.69, 9.17) is 4.74 Å². The van der Waals surface area contributed by atoms with Crippen LogP contribution < -0.4 is 0 Å². The first-order chi connectivity index (χ1) is 5.56. The van der Waals surface area contributed by atoms with Crippen LogP contribution in [0.25, 0.3) is 0 Å². The molecule has 0 aliphatic heterocycles. The first-order valence-electron chi connectivity index (χ1n) is 4.00. The smallest absolute Gasteiger partial charge is 0.381 e. The molecule has 0 spiro atoms. The van der Waals surface area contributed by atoms with Crippen LogP contribution in [0.5, 0.6) is 0 Å². The fourth-order valence-electron chi connectivity index (χ4n) is 0.671. The molecule has 0 saturated heterocycles. The summed E-state index contributed by atoms with van der Waals surface area (Å²) >= 11 is 0. The predicted octanol–water partition coefficient (Wildman–Crippen LogP) is 2.96. The van der Waals surface area contributed by atoms with Gasteiger partial charge in [-0.3, -0.25) is 0 Å². The van der Waals surface area contributed by atoms with Crippen LogP contribution in [-0.2, 0) is 4.74 Å². The number of hydrogen-bond donors (Lipinski definition) is 0. The zero-order chi connectivity index (χ0) is 9.45. The summed E-state index contributed by atoms with van der Waals surface area (Å²) in [6.45, 7) is 3.79. The Bertz CT molecular complexity index is 101. The van der Waals surface area contributed by atoms with Crippen molar-refractivity contribution in [2.75, 3.05) is 13.2 Å². The number of halogens is 3. The molecule has 12 heavy (non-hydrogen) atoms. The van der Waals surface area contributed by atoms with Gasteiger partial charge in [0.25, 0.3) is 0 Å². The van der Waals surface area contributed by atoms with E-state index in [1.807, 2.05) is 0 Å². The normalized spacial score (nSPS) is 12.0. The molecule has 4 heteroatoms. The van der Waals surface area contributed by atoms with Crippen LogP contribution in [0, 0.1) is 6.92 Å². The first-order valence-corrected chi connectivity index (χ1v) is 4.00. The third kappa shape index (κ3) is 9.75. The van der Waals surface area contributed by atoms with Crippen molar-refractivity contribution in [3.8, 4) is 0 Å². The van der Waals surface area contributed by atoms with Crippen molar-refractivity contribution in [1.82, 2.24) is 0 Å². The second-order valence-electron chi connectivity index (χ2n) is 2.54. The quantitative estimate of drug-likeness (QED) is 0.575. The molecule has 0 rings (SSSR count). The van der Waals surface area contributed by atoms with Gasteiger partial charge in [0.05, 0.1) is 13.0 Å². The average molecular weight is 183 g/mol. The Morgan fingerprint density at radius 1 is 1.08 bits per heavy atom. The fraction of sp³-hybridized carbons (Fsp3) is 0.875. The minimum absolute atomic E-state index is 0.222. The summed E-state index contributed by atoms with van der Waals surface area (Å²) in [4.78, 5) is 0. The van der Waals surface area contributed by atoms with Crippen LogP contribution in [0.1, 0.15) is 25.7 Å². The van der Waals surface area contributed by atoms with E-state index in [0.29, 0.717) is 6.61 Å². The molecule has 0 aliphatic carbocycles. The zero-order valence-corrected chi connectivity index (χ0v) is 6.99. The first kappa shape index (κ1) is 11.8. The number of hydrogen-bond acceptors (Lipinski definition) is 1. The highest BCUT2D eigenvalue weighted by atomic mass is 19.4. The molecule has 1 nitrogen and oxygen atoms in total. The van der Waals surface area contributed by atoms with Gasteiger partial charge in [-0.15, -0.1) is 0 Å². The highest BCUT2D eigenvalue weighted by Crippen LogP contribution is 2.18. The van der Waals surface area contributed by atoms with E-state index in [-0.39, 0.29) is 6.61 Å². The Kier molecular flexibility index (Phi) is 6.16. The highest BCUT2D eigenvalue weighted by Gasteiger charge is 2.26. The number of unbranched alkanes of at least 4 members (excludes halogenated alkanes) is 2. The number of ether oxygens (including phenoxy) is 1. The molecular weight excluding hydrogens is 169 g/mol. The Morgan fingerprint density at radius 2 is 1.75 bits per heavy atom. The van der Waals surface area contributed by atoms with Crippen molar-refractivity contribution in [1.29, 1.82) is 0 Å². The van der Waals surface area contributed by atoms with Crippen LogP contribution in [0.15, 0.2) is 0 Å². The van der Waals surface area contributed by atoms with Crippen molar-refractivity contribution < 1.29 is 17.9 Å². The van der Waals surface area contributed by atoms with Gasteiger partial charge in [-0.2, -0.15) is 13.2 Å². The third-order valence-electron chi connectivity index (χ3n) is 1.32. The maximum absolute atomic E-state index is 11.5. The average Bonchev–Trinajstić information content (AvgIpc) is 1.94. The van der Waals surface area contributed by atoms with Gasteiger partial charge in [-0.05, 0) is 6.42 Å². The molecule has 0 atom stereocenters. The molecule has 0 aliphatic rings. The van der Waals surface area contributed by atoms with Crippen molar-refractivity contribution in [2.24, 2.45) is 0 Å². The molecule has 0 bridgehead atoms. The molecule has 0 N–H and O–H groups in total. The van der Waals surface area contributed by atoms with Gasteiger partial charge in [0.2, 0.25) is 0 Å². The van der Waals surface area contributed by atoms with E-state index in [2.05, 4.69) is 6.92 Å². The van der Waals surface area contributed by atoms with Crippen LogP contribution in [-0.4, -0.2) is 19.4 Å². The monoisotopic (exact) mass is 183 g/mol. The molecule has 73 valence electrons. The van der Waals surface area contributed by atoms with Gasteiger partial charge in [0.1, 0.15) is 0 Å². The lowest BCUT2D eigenvalue weighted by atomic mass is 10.3. The maximum atomic E-state index is 11.5. The van der Waals surface area contributed by atoms with Crippen LogP contribution in [0.4, 0.5) is 13.2 Å². The largest absolute Gasteiger partial charge is 0.391 e. The predicted molar refractivity (Wildman–Crippen MR) is 40.7 cm³/mol. The summed E-state index contributed by atoms with van der Waals surface area (Å²) in [5.74, 6) is 0. The molecule has 0 aromatic carbocycles. The van der Waals surface area contributed by atoms with Gasteiger partial charge in [0.15, 0.2) is 0 Å². The minimum atomic E-state index is -4.09. The summed E-state index contributed by atoms with van der Waals surface area (Å²) in [5, 5.41) is 0. The summed E-state index contributed by atoms with van der Waals surface area (Å²) in [6.07, 6.45) is -2.43. The Balaban J connectivity index is 3.01. The Hall–Kier alpha value is -0.250. The van der Waals surface area contributed by atoms with Crippen molar-refractivity contribution in [2.45, 2.75) is 31.9 Å². The summed E-state index contributed by atoms with van der Waals surface area (Å²) in [5.41, 5.74) is 0. The number of rotatable bonds is 6. The van der Waals surface area contributed by atoms with Crippen molar-refractivity contribution in [3.05, 3.63) is 6.92 Å². The maximum Gasteiger partial charge on any atom is 0.391 e. The Morgan fingerprint density at radius 3 is 2.25 bits per heavy atom. The van der Waals surface area contributed by atoms with E-state index >= 15 is 0 Å². The molecule has 0 fully saturated rings. The van der Waals surface area contributed by atoms with E-state index in [0.717, 1.165) is 19.3 Å².